The van der Waals surface area contributed by atoms with E-state index >= 15 is 0 Å². The topological polar surface area (TPSA) is 84.5 Å². The highest BCUT2D eigenvalue weighted by Gasteiger charge is 2.29. The lowest BCUT2D eigenvalue weighted by Crippen LogP contribution is -2.32. The zero-order valence-electron chi connectivity index (χ0n) is 14.9. The van der Waals surface area contributed by atoms with Gasteiger partial charge in [-0.15, -0.1) is 23.5 Å². The van der Waals surface area contributed by atoms with Gasteiger partial charge in [-0.05, 0) is 48.7 Å². The molecular formula is C19H17ClN2O4S2. The number of nitrogens with one attached hydrogen (secondary N) is 2. The quantitative estimate of drug-likeness (QED) is 0.525. The summed E-state index contributed by atoms with van der Waals surface area (Å²) in [6.07, 6.45) is 1.83. The molecule has 0 aliphatic carbocycles. The molecule has 0 spiro atoms. The molecule has 0 saturated carbocycles. The molecule has 2 aromatic carbocycles. The first kappa shape index (κ1) is 20.6. The van der Waals surface area contributed by atoms with Crippen LogP contribution in [0.25, 0.3) is 0 Å². The average Bonchev–Trinajstić information content (AvgIpc) is 2.68. The summed E-state index contributed by atoms with van der Waals surface area (Å²) in [6, 6.07) is 12.5. The maximum Gasteiger partial charge on any atom is 0.307 e. The first-order valence-electron chi connectivity index (χ1n) is 8.31. The number of hydrogen-bond acceptors (Lipinski definition) is 6. The van der Waals surface area contributed by atoms with Crippen LogP contribution in [-0.2, 0) is 19.1 Å². The third kappa shape index (κ3) is 5.43. The van der Waals surface area contributed by atoms with Crippen molar-refractivity contribution >= 4 is 64.3 Å². The first-order valence-corrected chi connectivity index (χ1v) is 10.8. The molecule has 9 heteroatoms. The predicted octanol–water partition coefficient (Wildman–Crippen LogP) is 4.05. The van der Waals surface area contributed by atoms with Crippen LogP contribution in [0.5, 0.6) is 0 Å². The van der Waals surface area contributed by atoms with E-state index in [4.69, 9.17) is 16.3 Å². The standard InChI is InChI=1S/C19H17ClN2O4S2/c1-27-13-5-3-12(4-6-13)21-17(23)10-26-18(24)9-16-19(25)22-14-8-11(20)2-7-15(14)28-16/h2-8,16H,9-10H2,1H3,(H,21,23)(H,22,25). The Bertz CT molecular complexity index is 905. The zero-order valence-corrected chi connectivity index (χ0v) is 17.2. The number of halogens is 1. The van der Waals surface area contributed by atoms with Gasteiger partial charge < -0.3 is 15.4 Å². The van der Waals surface area contributed by atoms with Crippen molar-refractivity contribution in [1.29, 1.82) is 0 Å². The summed E-state index contributed by atoms with van der Waals surface area (Å²) in [7, 11) is 0. The molecule has 0 radical (unpaired) electrons. The number of thioether (sulfide) groups is 2. The number of esters is 1. The Balaban J connectivity index is 1.48. The van der Waals surface area contributed by atoms with Crippen molar-refractivity contribution in [2.45, 2.75) is 21.5 Å². The monoisotopic (exact) mass is 436 g/mol. The number of fused-ring (bicyclic) bond motifs is 1. The summed E-state index contributed by atoms with van der Waals surface area (Å²) in [5.41, 5.74) is 1.25. The maximum atomic E-state index is 12.2. The fourth-order valence-corrected chi connectivity index (χ4v) is 4.14. The summed E-state index contributed by atoms with van der Waals surface area (Å²) in [6.45, 7) is -0.408. The van der Waals surface area contributed by atoms with Gasteiger partial charge in [0.2, 0.25) is 5.91 Å². The van der Waals surface area contributed by atoms with Crippen molar-refractivity contribution in [2.24, 2.45) is 0 Å². The van der Waals surface area contributed by atoms with Crippen molar-refractivity contribution in [3.8, 4) is 0 Å². The third-order valence-corrected chi connectivity index (χ3v) is 6.11. The van der Waals surface area contributed by atoms with E-state index in [0.717, 1.165) is 9.79 Å². The fraction of sp³-hybridized carbons (Fsp3) is 0.211. The Morgan fingerprint density at radius 3 is 2.71 bits per heavy atom. The van der Waals surface area contributed by atoms with E-state index in [9.17, 15) is 14.4 Å². The molecular weight excluding hydrogens is 420 g/mol. The molecule has 0 saturated heterocycles. The van der Waals surface area contributed by atoms with Crippen LogP contribution in [0, 0.1) is 0 Å². The molecule has 1 unspecified atom stereocenters. The molecule has 1 aliphatic rings. The second kappa shape index (κ2) is 9.36. The van der Waals surface area contributed by atoms with Crippen LogP contribution in [0.3, 0.4) is 0 Å². The second-order valence-corrected chi connectivity index (χ2v) is 8.44. The van der Waals surface area contributed by atoms with Crippen molar-refractivity contribution in [3.05, 3.63) is 47.5 Å². The molecule has 2 amide bonds. The molecule has 3 rings (SSSR count). The van der Waals surface area contributed by atoms with Crippen molar-refractivity contribution < 1.29 is 19.1 Å². The highest BCUT2D eigenvalue weighted by atomic mass is 35.5. The molecule has 0 bridgehead atoms. The van der Waals surface area contributed by atoms with Gasteiger partial charge in [0, 0.05) is 20.5 Å². The van der Waals surface area contributed by atoms with E-state index in [1.165, 1.54) is 11.8 Å². The molecule has 1 atom stereocenters. The summed E-state index contributed by atoms with van der Waals surface area (Å²) in [4.78, 5) is 38.1. The molecule has 2 aromatic rings. The first-order chi connectivity index (χ1) is 13.4. The third-order valence-electron chi connectivity index (χ3n) is 3.85. The van der Waals surface area contributed by atoms with Crippen LogP contribution < -0.4 is 10.6 Å². The average molecular weight is 437 g/mol. The highest BCUT2D eigenvalue weighted by Crippen LogP contribution is 2.38. The molecule has 2 N–H and O–H groups in total. The summed E-state index contributed by atoms with van der Waals surface area (Å²) >= 11 is 8.78. The maximum absolute atomic E-state index is 12.2. The lowest BCUT2D eigenvalue weighted by molar-refractivity contribution is -0.147. The van der Waals surface area contributed by atoms with Crippen molar-refractivity contribution in [3.63, 3.8) is 0 Å². The number of anilines is 2. The highest BCUT2D eigenvalue weighted by molar-refractivity contribution is 8.01. The second-order valence-electron chi connectivity index (χ2n) is 5.88. The molecule has 1 aliphatic heterocycles. The zero-order chi connectivity index (χ0) is 20.1. The number of benzene rings is 2. The van der Waals surface area contributed by atoms with Crippen LogP contribution in [0.2, 0.25) is 5.02 Å². The Kier molecular flexibility index (Phi) is 6.88. The molecule has 6 nitrogen and oxygen atoms in total. The molecule has 0 aromatic heterocycles. The Labute approximate surface area is 175 Å². The van der Waals surface area contributed by atoms with Gasteiger partial charge >= 0.3 is 5.97 Å². The molecule has 28 heavy (non-hydrogen) atoms. The molecule has 1 heterocycles. The number of rotatable bonds is 6. The number of amides is 2. The minimum atomic E-state index is -0.622. The van der Waals surface area contributed by atoms with E-state index in [1.54, 1.807) is 42.1 Å². The Morgan fingerprint density at radius 1 is 1.25 bits per heavy atom. The van der Waals surface area contributed by atoms with E-state index < -0.39 is 23.7 Å². The van der Waals surface area contributed by atoms with Gasteiger partial charge in [0.05, 0.1) is 17.4 Å². The Hall–Kier alpha value is -2.16. The van der Waals surface area contributed by atoms with Crippen molar-refractivity contribution in [2.75, 3.05) is 23.5 Å². The number of carbonyl (C=O) groups excluding carboxylic acids is 3. The summed E-state index contributed by atoms with van der Waals surface area (Å²) < 4.78 is 5.01. The van der Waals surface area contributed by atoms with Crippen LogP contribution >= 0.6 is 35.1 Å². The SMILES string of the molecule is CSc1ccc(NC(=O)COC(=O)CC2Sc3ccc(Cl)cc3NC2=O)cc1. The van der Waals surface area contributed by atoms with Crippen LogP contribution in [0.4, 0.5) is 11.4 Å². The number of ether oxygens (including phenoxy) is 1. The molecule has 0 fully saturated rings. The normalized spacial score (nSPS) is 15.4. The Morgan fingerprint density at radius 2 is 2.00 bits per heavy atom. The number of hydrogen-bond donors (Lipinski definition) is 2. The van der Waals surface area contributed by atoms with Gasteiger partial charge in [-0.2, -0.15) is 0 Å². The van der Waals surface area contributed by atoms with E-state index in [0.29, 0.717) is 16.4 Å². The van der Waals surface area contributed by atoms with Gasteiger partial charge in [-0.3, -0.25) is 14.4 Å². The number of carbonyl (C=O) groups is 3. The molecule has 146 valence electrons. The van der Waals surface area contributed by atoms with Gasteiger partial charge in [0.15, 0.2) is 6.61 Å². The lowest BCUT2D eigenvalue weighted by atomic mass is 10.2. The summed E-state index contributed by atoms with van der Waals surface area (Å²) in [5.74, 6) is -1.35. The van der Waals surface area contributed by atoms with Gasteiger partial charge in [0.1, 0.15) is 0 Å². The smallest absolute Gasteiger partial charge is 0.307 e. The predicted molar refractivity (Wildman–Crippen MR) is 112 cm³/mol. The van der Waals surface area contributed by atoms with E-state index in [2.05, 4.69) is 10.6 Å². The largest absolute Gasteiger partial charge is 0.456 e. The van der Waals surface area contributed by atoms with E-state index in [-0.39, 0.29) is 12.3 Å². The van der Waals surface area contributed by atoms with Crippen LogP contribution in [0.15, 0.2) is 52.3 Å². The minimum absolute atomic E-state index is 0.131. The van der Waals surface area contributed by atoms with Crippen molar-refractivity contribution in [1.82, 2.24) is 0 Å². The van der Waals surface area contributed by atoms with Gasteiger partial charge in [-0.1, -0.05) is 11.6 Å². The van der Waals surface area contributed by atoms with Crippen LogP contribution in [0.1, 0.15) is 6.42 Å². The van der Waals surface area contributed by atoms with Gasteiger partial charge in [-0.25, -0.2) is 0 Å². The fourth-order valence-electron chi connectivity index (χ4n) is 2.48. The van der Waals surface area contributed by atoms with Gasteiger partial charge in [0.25, 0.3) is 5.91 Å². The minimum Gasteiger partial charge on any atom is -0.456 e. The summed E-state index contributed by atoms with van der Waals surface area (Å²) in [5, 5.41) is 5.29. The van der Waals surface area contributed by atoms with E-state index in [1.807, 2.05) is 18.4 Å². The van der Waals surface area contributed by atoms with Crippen LogP contribution in [-0.4, -0.2) is 35.9 Å². The lowest BCUT2D eigenvalue weighted by Gasteiger charge is -2.23.